The van der Waals surface area contributed by atoms with E-state index in [2.05, 4.69) is 11.2 Å². The van der Waals surface area contributed by atoms with Crippen molar-refractivity contribution in [3.05, 3.63) is 15.8 Å². The molecule has 0 saturated heterocycles. The second-order valence-electron chi connectivity index (χ2n) is 3.54. The van der Waals surface area contributed by atoms with E-state index in [0.29, 0.717) is 0 Å². The van der Waals surface area contributed by atoms with Gasteiger partial charge < -0.3 is 15.2 Å². The molecule has 96 valence electrons. The lowest BCUT2D eigenvalue weighted by Gasteiger charge is -2.13. The van der Waals surface area contributed by atoms with Crippen molar-refractivity contribution in [3.63, 3.8) is 0 Å². The number of carboxylic acid groups (broad SMARTS) is 1. The van der Waals surface area contributed by atoms with Crippen LogP contribution < -0.4 is 10.1 Å². The summed E-state index contributed by atoms with van der Waals surface area (Å²) < 4.78 is 5.34. The third-order valence-electron chi connectivity index (χ3n) is 2.05. The van der Waals surface area contributed by atoms with Crippen LogP contribution in [0.4, 0.5) is 0 Å². The maximum Gasteiger partial charge on any atom is 0.349 e. The van der Waals surface area contributed by atoms with Gasteiger partial charge in [-0.3, -0.25) is 4.79 Å². The molecule has 1 rings (SSSR count). The van der Waals surface area contributed by atoms with Crippen molar-refractivity contribution < 1.29 is 19.4 Å². The molecule has 1 aromatic rings. The van der Waals surface area contributed by atoms with Crippen molar-refractivity contribution in [2.75, 3.05) is 6.54 Å². The van der Waals surface area contributed by atoms with Crippen molar-refractivity contribution in [1.82, 2.24) is 5.32 Å². The van der Waals surface area contributed by atoms with Crippen molar-refractivity contribution in [2.45, 2.75) is 20.0 Å². The summed E-state index contributed by atoms with van der Waals surface area (Å²) in [5.41, 5.74) is 0. The van der Waals surface area contributed by atoms with E-state index < -0.39 is 12.1 Å². The molecule has 0 aliphatic rings. The number of carbonyl (C=O) groups is 2. The van der Waals surface area contributed by atoms with Crippen LogP contribution in [0, 0.1) is 19.3 Å². The predicted molar refractivity (Wildman–Crippen MR) is 67.9 cm³/mol. The van der Waals surface area contributed by atoms with Gasteiger partial charge in [-0.25, -0.2) is 4.79 Å². The van der Waals surface area contributed by atoms with E-state index >= 15 is 0 Å². The lowest BCUT2D eigenvalue weighted by molar-refractivity contribution is -0.127. The summed E-state index contributed by atoms with van der Waals surface area (Å²) in [4.78, 5) is 23.4. The molecule has 0 bridgehead atoms. The molecule has 0 spiro atoms. The summed E-state index contributed by atoms with van der Waals surface area (Å²) in [7, 11) is 0. The Balaban J connectivity index is 2.75. The number of hydrogen-bond acceptors (Lipinski definition) is 4. The minimum absolute atomic E-state index is 0.0871. The molecule has 1 heterocycles. The summed E-state index contributed by atoms with van der Waals surface area (Å²) in [6.07, 6.45) is 4.21. The first kappa shape index (κ1) is 14.1. The molecule has 6 heteroatoms. The maximum atomic E-state index is 11.5. The van der Waals surface area contributed by atoms with Gasteiger partial charge in [0.2, 0.25) is 0 Å². The molecule has 1 unspecified atom stereocenters. The quantitative estimate of drug-likeness (QED) is 0.788. The number of ether oxygens (including phenoxy) is 1. The Morgan fingerprint density at radius 1 is 1.67 bits per heavy atom. The number of terminal acetylenes is 1. The van der Waals surface area contributed by atoms with Gasteiger partial charge in [0.1, 0.15) is 5.75 Å². The number of carboxylic acids is 1. The highest BCUT2D eigenvalue weighted by atomic mass is 32.1. The van der Waals surface area contributed by atoms with Crippen LogP contribution in [-0.2, 0) is 4.79 Å². The first-order valence-electron chi connectivity index (χ1n) is 5.17. The summed E-state index contributed by atoms with van der Waals surface area (Å²) in [5.74, 6) is 1.02. The topological polar surface area (TPSA) is 75.6 Å². The van der Waals surface area contributed by atoms with E-state index in [1.165, 1.54) is 6.92 Å². The molecule has 2 N–H and O–H groups in total. The van der Waals surface area contributed by atoms with Crippen LogP contribution in [0.2, 0.25) is 0 Å². The van der Waals surface area contributed by atoms with Crippen molar-refractivity contribution in [3.8, 4) is 18.1 Å². The second-order valence-corrected chi connectivity index (χ2v) is 4.79. The van der Waals surface area contributed by atoms with E-state index in [1.807, 2.05) is 0 Å². The molecule has 0 fully saturated rings. The van der Waals surface area contributed by atoms with Crippen LogP contribution in [0.1, 0.15) is 21.5 Å². The molecular formula is C12H13NO4S. The molecular weight excluding hydrogens is 254 g/mol. The number of aryl methyl sites for hydroxylation is 1. The fourth-order valence-electron chi connectivity index (χ4n) is 1.25. The van der Waals surface area contributed by atoms with Gasteiger partial charge in [-0.05, 0) is 19.9 Å². The van der Waals surface area contributed by atoms with Gasteiger partial charge in [0.15, 0.2) is 11.0 Å². The molecule has 0 aliphatic heterocycles. The summed E-state index contributed by atoms with van der Waals surface area (Å²) in [5, 5.41) is 11.4. The predicted octanol–water partition coefficient (Wildman–Crippen LogP) is 1.27. The highest BCUT2D eigenvalue weighted by Crippen LogP contribution is 2.29. The first-order valence-corrected chi connectivity index (χ1v) is 5.99. The monoisotopic (exact) mass is 267 g/mol. The number of nitrogens with one attached hydrogen (secondary N) is 1. The fraction of sp³-hybridized carbons (Fsp3) is 0.333. The zero-order valence-electron chi connectivity index (χ0n) is 10.0. The van der Waals surface area contributed by atoms with Crippen LogP contribution in [0.25, 0.3) is 0 Å². The van der Waals surface area contributed by atoms with E-state index in [0.717, 1.165) is 16.2 Å². The summed E-state index contributed by atoms with van der Waals surface area (Å²) >= 11 is 1.11. The Bertz CT molecular complexity index is 501. The number of carbonyl (C=O) groups excluding carboxylic acids is 1. The number of hydrogen-bond donors (Lipinski definition) is 2. The van der Waals surface area contributed by atoms with E-state index in [9.17, 15) is 9.59 Å². The Morgan fingerprint density at radius 2 is 2.33 bits per heavy atom. The Hall–Kier alpha value is -2.00. The molecule has 0 radical (unpaired) electrons. The number of thiophene rings is 1. The van der Waals surface area contributed by atoms with E-state index in [1.54, 1.807) is 13.0 Å². The van der Waals surface area contributed by atoms with Crippen LogP contribution in [0.15, 0.2) is 6.07 Å². The van der Waals surface area contributed by atoms with Crippen molar-refractivity contribution in [1.29, 1.82) is 0 Å². The largest absolute Gasteiger partial charge is 0.479 e. The van der Waals surface area contributed by atoms with E-state index in [-0.39, 0.29) is 23.1 Å². The molecule has 1 aromatic heterocycles. The number of amides is 1. The maximum absolute atomic E-state index is 11.5. The van der Waals surface area contributed by atoms with Gasteiger partial charge in [0.05, 0.1) is 6.54 Å². The second kappa shape index (κ2) is 6.07. The molecule has 0 aliphatic carbocycles. The molecule has 5 nitrogen and oxygen atoms in total. The molecule has 0 aromatic carbocycles. The Morgan fingerprint density at radius 3 is 2.89 bits per heavy atom. The zero-order valence-corrected chi connectivity index (χ0v) is 10.8. The molecule has 1 amide bonds. The third kappa shape index (κ3) is 3.50. The van der Waals surface area contributed by atoms with Gasteiger partial charge in [-0.1, -0.05) is 5.92 Å². The SMILES string of the molecule is C#CCNC(=O)C(C)Oc1cc(C)sc1C(=O)O. The van der Waals surface area contributed by atoms with Gasteiger partial charge >= 0.3 is 5.97 Å². The number of aromatic carboxylic acids is 1. The van der Waals surface area contributed by atoms with Crippen molar-refractivity contribution in [2.24, 2.45) is 0 Å². The lowest BCUT2D eigenvalue weighted by Crippen LogP contribution is -2.36. The Labute approximate surface area is 109 Å². The van der Waals surface area contributed by atoms with Crippen LogP contribution in [0.3, 0.4) is 0 Å². The van der Waals surface area contributed by atoms with Crippen LogP contribution in [0.5, 0.6) is 5.75 Å². The summed E-state index contributed by atoms with van der Waals surface area (Å²) in [6, 6.07) is 1.60. The summed E-state index contributed by atoms with van der Waals surface area (Å²) in [6.45, 7) is 3.42. The minimum Gasteiger partial charge on any atom is -0.479 e. The average Bonchev–Trinajstić information content (AvgIpc) is 2.67. The Kier molecular flexibility index (Phi) is 4.75. The first-order chi connectivity index (χ1) is 8.45. The van der Waals surface area contributed by atoms with Crippen molar-refractivity contribution >= 4 is 23.2 Å². The third-order valence-corrected chi connectivity index (χ3v) is 3.07. The fourth-order valence-corrected chi connectivity index (χ4v) is 2.04. The van der Waals surface area contributed by atoms with Crippen LogP contribution in [-0.4, -0.2) is 29.6 Å². The molecule has 0 saturated carbocycles. The zero-order chi connectivity index (χ0) is 13.7. The highest BCUT2D eigenvalue weighted by molar-refractivity contribution is 7.14. The highest BCUT2D eigenvalue weighted by Gasteiger charge is 2.20. The lowest BCUT2D eigenvalue weighted by atomic mass is 10.3. The minimum atomic E-state index is -1.07. The standard InChI is InChI=1S/C12H13NO4S/c1-4-5-13-11(14)8(3)17-9-6-7(2)18-10(9)12(15)16/h1,6,8H,5H2,2-3H3,(H,13,14)(H,15,16). The normalized spacial score (nSPS) is 11.4. The van der Waals surface area contributed by atoms with Gasteiger partial charge in [0, 0.05) is 4.88 Å². The van der Waals surface area contributed by atoms with Crippen LogP contribution >= 0.6 is 11.3 Å². The van der Waals surface area contributed by atoms with Gasteiger partial charge in [-0.15, -0.1) is 17.8 Å². The smallest absolute Gasteiger partial charge is 0.349 e. The molecule has 1 atom stereocenters. The average molecular weight is 267 g/mol. The number of rotatable bonds is 5. The molecule has 18 heavy (non-hydrogen) atoms. The van der Waals surface area contributed by atoms with Gasteiger partial charge in [0.25, 0.3) is 5.91 Å². The van der Waals surface area contributed by atoms with E-state index in [4.69, 9.17) is 16.3 Å². The van der Waals surface area contributed by atoms with Gasteiger partial charge in [-0.2, -0.15) is 0 Å².